The quantitative estimate of drug-likeness (QED) is 0.775. The molecule has 1 saturated carbocycles. The van der Waals surface area contributed by atoms with Crippen molar-refractivity contribution in [1.29, 1.82) is 0 Å². The summed E-state index contributed by atoms with van der Waals surface area (Å²) in [4.78, 5) is 15.8. The van der Waals surface area contributed by atoms with Crippen molar-refractivity contribution in [3.8, 4) is 0 Å². The molecular formula is C10H16N4O3S. The first-order valence-electron chi connectivity index (χ1n) is 5.76. The molecule has 0 aromatic carbocycles. The lowest BCUT2D eigenvalue weighted by Crippen LogP contribution is -2.37. The molecule has 7 nitrogen and oxygen atoms in total. The zero-order chi connectivity index (χ0) is 13.3. The molecule has 1 aromatic heterocycles. The van der Waals surface area contributed by atoms with E-state index >= 15 is 0 Å². The van der Waals surface area contributed by atoms with Crippen LogP contribution in [-0.2, 0) is 9.84 Å². The van der Waals surface area contributed by atoms with Crippen LogP contribution in [0.4, 0.5) is 0 Å². The van der Waals surface area contributed by atoms with Crippen LogP contribution in [0.2, 0.25) is 0 Å². The van der Waals surface area contributed by atoms with E-state index in [-0.39, 0.29) is 11.6 Å². The highest BCUT2D eigenvalue weighted by atomic mass is 32.2. The lowest BCUT2D eigenvalue weighted by molar-refractivity contribution is 0.0933. The maximum absolute atomic E-state index is 11.7. The second-order valence-corrected chi connectivity index (χ2v) is 6.97. The minimum absolute atomic E-state index is 0.0669. The molecule has 1 aliphatic rings. The third-order valence-electron chi connectivity index (χ3n) is 2.60. The number of hydrogen-bond donors (Lipinski definition) is 2. The summed E-state index contributed by atoms with van der Waals surface area (Å²) in [5, 5.41) is 9.12. The molecule has 0 saturated heterocycles. The largest absolute Gasteiger partial charge is 0.346 e. The van der Waals surface area contributed by atoms with Gasteiger partial charge in [0, 0.05) is 18.2 Å². The first-order valence-corrected chi connectivity index (χ1v) is 7.82. The zero-order valence-electron chi connectivity index (χ0n) is 10.3. The third kappa shape index (κ3) is 3.52. The molecule has 1 aromatic rings. The Balaban J connectivity index is 1.94. The van der Waals surface area contributed by atoms with Crippen molar-refractivity contribution in [2.75, 3.05) is 12.0 Å². The monoisotopic (exact) mass is 272 g/mol. The van der Waals surface area contributed by atoms with Gasteiger partial charge in [0.25, 0.3) is 5.91 Å². The molecule has 0 bridgehead atoms. The SMILES string of the molecule is CC(CS(C)(=O)=O)NC(=O)c1n[nH]c(C2CC2)n1. The molecular weight excluding hydrogens is 256 g/mol. The van der Waals surface area contributed by atoms with E-state index in [4.69, 9.17) is 0 Å². The molecule has 0 spiro atoms. The van der Waals surface area contributed by atoms with Crippen LogP contribution >= 0.6 is 0 Å². The van der Waals surface area contributed by atoms with Crippen molar-refractivity contribution in [3.63, 3.8) is 0 Å². The Hall–Kier alpha value is -1.44. The van der Waals surface area contributed by atoms with Crippen LogP contribution in [0.25, 0.3) is 0 Å². The van der Waals surface area contributed by atoms with E-state index in [1.54, 1.807) is 6.92 Å². The van der Waals surface area contributed by atoms with E-state index in [9.17, 15) is 13.2 Å². The van der Waals surface area contributed by atoms with Crippen LogP contribution in [0.1, 0.15) is 42.1 Å². The highest BCUT2D eigenvalue weighted by molar-refractivity contribution is 7.90. The molecule has 1 heterocycles. The van der Waals surface area contributed by atoms with Crippen molar-refractivity contribution in [1.82, 2.24) is 20.5 Å². The topological polar surface area (TPSA) is 105 Å². The summed E-state index contributed by atoms with van der Waals surface area (Å²) in [7, 11) is -3.11. The van der Waals surface area contributed by atoms with Crippen LogP contribution in [0.15, 0.2) is 0 Å². The molecule has 1 unspecified atom stereocenters. The number of rotatable bonds is 5. The van der Waals surface area contributed by atoms with E-state index in [2.05, 4.69) is 20.5 Å². The Kier molecular flexibility index (Phi) is 3.38. The Bertz CT molecular complexity index is 547. The predicted octanol–water partition coefficient (Wildman–Crippen LogP) is -0.155. The van der Waals surface area contributed by atoms with Crippen molar-refractivity contribution >= 4 is 15.7 Å². The summed E-state index contributed by atoms with van der Waals surface area (Å²) in [5.74, 6) is 0.647. The smallest absolute Gasteiger partial charge is 0.291 e. The molecule has 2 rings (SSSR count). The minimum Gasteiger partial charge on any atom is -0.346 e. The van der Waals surface area contributed by atoms with E-state index in [0.717, 1.165) is 24.9 Å². The lowest BCUT2D eigenvalue weighted by atomic mass is 10.4. The molecule has 18 heavy (non-hydrogen) atoms. The fourth-order valence-electron chi connectivity index (χ4n) is 1.70. The minimum atomic E-state index is -3.11. The lowest BCUT2D eigenvalue weighted by Gasteiger charge is -2.10. The molecule has 1 fully saturated rings. The van der Waals surface area contributed by atoms with E-state index in [1.165, 1.54) is 0 Å². The average Bonchev–Trinajstić information content (AvgIpc) is 2.93. The first kappa shape index (κ1) is 13.0. The summed E-state index contributed by atoms with van der Waals surface area (Å²) < 4.78 is 22.1. The van der Waals surface area contributed by atoms with Gasteiger partial charge in [-0.3, -0.25) is 9.89 Å². The van der Waals surface area contributed by atoms with Gasteiger partial charge in [-0.25, -0.2) is 13.4 Å². The molecule has 0 aliphatic heterocycles. The standard InChI is InChI=1S/C10H16N4O3S/c1-6(5-18(2,16)17)11-10(15)9-12-8(13-14-9)7-3-4-7/h6-7H,3-5H2,1-2H3,(H,11,15)(H,12,13,14). The van der Waals surface area contributed by atoms with Crippen LogP contribution in [-0.4, -0.2) is 47.6 Å². The molecule has 0 radical (unpaired) electrons. The summed E-state index contributed by atoms with van der Waals surface area (Å²) in [5.41, 5.74) is 0. The summed E-state index contributed by atoms with van der Waals surface area (Å²) in [6.07, 6.45) is 3.27. The number of H-pyrrole nitrogens is 1. The number of hydrogen-bond acceptors (Lipinski definition) is 5. The van der Waals surface area contributed by atoms with Crippen molar-refractivity contribution in [3.05, 3.63) is 11.6 Å². The van der Waals surface area contributed by atoms with Gasteiger partial charge in [-0.05, 0) is 19.8 Å². The normalized spacial score (nSPS) is 17.4. The molecule has 2 N–H and O–H groups in total. The second-order valence-electron chi connectivity index (χ2n) is 4.79. The van der Waals surface area contributed by atoms with Gasteiger partial charge in [-0.15, -0.1) is 5.10 Å². The van der Waals surface area contributed by atoms with Gasteiger partial charge in [0.05, 0.1) is 5.75 Å². The Labute approximate surface area is 105 Å². The number of aromatic amines is 1. The Morgan fingerprint density at radius 3 is 2.78 bits per heavy atom. The van der Waals surface area contributed by atoms with E-state index < -0.39 is 21.8 Å². The molecule has 100 valence electrons. The fraction of sp³-hybridized carbons (Fsp3) is 0.700. The Morgan fingerprint density at radius 1 is 1.56 bits per heavy atom. The Morgan fingerprint density at radius 2 is 2.22 bits per heavy atom. The van der Waals surface area contributed by atoms with Crippen LogP contribution in [0.5, 0.6) is 0 Å². The third-order valence-corrected chi connectivity index (χ3v) is 3.71. The van der Waals surface area contributed by atoms with Crippen molar-refractivity contribution in [2.24, 2.45) is 0 Å². The molecule has 1 amide bonds. The van der Waals surface area contributed by atoms with Gasteiger partial charge in [0.1, 0.15) is 15.7 Å². The number of sulfone groups is 1. The van der Waals surface area contributed by atoms with Crippen LogP contribution in [0.3, 0.4) is 0 Å². The van der Waals surface area contributed by atoms with Crippen molar-refractivity contribution < 1.29 is 13.2 Å². The van der Waals surface area contributed by atoms with Gasteiger partial charge < -0.3 is 5.32 Å². The highest BCUT2D eigenvalue weighted by Gasteiger charge is 2.28. The summed E-state index contributed by atoms with van der Waals surface area (Å²) in [6, 6.07) is -0.463. The zero-order valence-corrected chi connectivity index (χ0v) is 11.1. The van der Waals surface area contributed by atoms with E-state index in [1.807, 2.05) is 0 Å². The molecule has 8 heteroatoms. The predicted molar refractivity (Wildman–Crippen MR) is 65.0 cm³/mol. The number of aromatic nitrogens is 3. The van der Waals surface area contributed by atoms with Gasteiger partial charge >= 0.3 is 0 Å². The second kappa shape index (κ2) is 4.68. The van der Waals surface area contributed by atoms with Crippen LogP contribution < -0.4 is 5.32 Å². The number of nitrogens with zero attached hydrogens (tertiary/aromatic N) is 2. The van der Waals surface area contributed by atoms with E-state index in [0.29, 0.717) is 5.92 Å². The number of nitrogens with one attached hydrogen (secondary N) is 2. The first-order chi connectivity index (χ1) is 8.35. The van der Waals surface area contributed by atoms with Gasteiger partial charge in [-0.2, -0.15) is 0 Å². The fourth-order valence-corrected chi connectivity index (χ4v) is 2.69. The molecule has 1 atom stereocenters. The van der Waals surface area contributed by atoms with Gasteiger partial charge in [-0.1, -0.05) is 0 Å². The van der Waals surface area contributed by atoms with Gasteiger partial charge in [0.15, 0.2) is 0 Å². The molecule has 1 aliphatic carbocycles. The van der Waals surface area contributed by atoms with Gasteiger partial charge in [0.2, 0.25) is 5.82 Å². The number of amides is 1. The average molecular weight is 272 g/mol. The number of carbonyl (C=O) groups is 1. The van der Waals surface area contributed by atoms with Crippen molar-refractivity contribution in [2.45, 2.75) is 31.7 Å². The maximum Gasteiger partial charge on any atom is 0.291 e. The van der Waals surface area contributed by atoms with Crippen LogP contribution in [0, 0.1) is 0 Å². The maximum atomic E-state index is 11.7. The summed E-state index contributed by atoms with van der Waals surface area (Å²) >= 11 is 0. The summed E-state index contributed by atoms with van der Waals surface area (Å²) in [6.45, 7) is 1.63. The number of carbonyl (C=O) groups excluding carboxylic acids is 1. The highest BCUT2D eigenvalue weighted by Crippen LogP contribution is 2.37.